The number of carbonyl (C=O) groups is 1. The van der Waals surface area contributed by atoms with Crippen molar-refractivity contribution in [2.24, 2.45) is 0 Å². The van der Waals surface area contributed by atoms with Gasteiger partial charge in [-0.15, -0.1) is 0 Å². The summed E-state index contributed by atoms with van der Waals surface area (Å²) >= 11 is 0. The van der Waals surface area contributed by atoms with Gasteiger partial charge in [-0.3, -0.25) is 9.78 Å². The minimum Gasteiger partial charge on any atom is -0.381 e. The molecule has 2 N–H and O–H groups in total. The predicted molar refractivity (Wildman–Crippen MR) is 72.7 cm³/mol. The molecule has 104 valence electrons. The normalized spacial score (nSPS) is 16.3. The quantitative estimate of drug-likeness (QED) is 0.824. The molecular weight excluding hydrogens is 242 g/mol. The Labute approximate surface area is 113 Å². The van der Waals surface area contributed by atoms with E-state index in [1.807, 2.05) is 25.3 Å². The van der Waals surface area contributed by atoms with Crippen molar-refractivity contribution in [2.75, 3.05) is 19.8 Å². The van der Waals surface area contributed by atoms with Crippen molar-refractivity contribution in [3.05, 3.63) is 29.6 Å². The summed E-state index contributed by atoms with van der Waals surface area (Å²) in [5.41, 5.74) is 2.09. The second-order valence-corrected chi connectivity index (χ2v) is 4.87. The molecule has 19 heavy (non-hydrogen) atoms. The maximum Gasteiger partial charge on any atom is 0.234 e. The van der Waals surface area contributed by atoms with E-state index in [4.69, 9.17) is 4.74 Å². The smallest absolute Gasteiger partial charge is 0.234 e. The predicted octanol–water partition coefficient (Wildman–Crippen LogP) is 0.775. The van der Waals surface area contributed by atoms with Gasteiger partial charge in [-0.2, -0.15) is 0 Å². The van der Waals surface area contributed by atoms with Crippen LogP contribution in [0.5, 0.6) is 0 Å². The summed E-state index contributed by atoms with van der Waals surface area (Å²) < 4.78 is 5.26. The monoisotopic (exact) mass is 263 g/mol. The largest absolute Gasteiger partial charge is 0.381 e. The number of nitrogens with zero attached hydrogens (tertiary/aromatic N) is 1. The zero-order chi connectivity index (χ0) is 13.5. The van der Waals surface area contributed by atoms with Crippen molar-refractivity contribution in [2.45, 2.75) is 32.4 Å². The molecule has 1 aliphatic heterocycles. The van der Waals surface area contributed by atoms with Crippen molar-refractivity contribution in [1.82, 2.24) is 15.6 Å². The number of hydrogen-bond donors (Lipinski definition) is 2. The van der Waals surface area contributed by atoms with Gasteiger partial charge in [-0.05, 0) is 31.4 Å². The van der Waals surface area contributed by atoms with Gasteiger partial charge in [-0.25, -0.2) is 0 Å². The Morgan fingerprint density at radius 3 is 2.89 bits per heavy atom. The summed E-state index contributed by atoms with van der Waals surface area (Å²) in [6.45, 7) is 4.44. The van der Waals surface area contributed by atoms with E-state index >= 15 is 0 Å². The highest BCUT2D eigenvalue weighted by atomic mass is 16.5. The third-order valence-corrected chi connectivity index (χ3v) is 3.17. The van der Waals surface area contributed by atoms with Crippen molar-refractivity contribution < 1.29 is 9.53 Å². The Bertz CT molecular complexity index is 400. The van der Waals surface area contributed by atoms with Crippen LogP contribution >= 0.6 is 0 Å². The lowest BCUT2D eigenvalue weighted by molar-refractivity contribution is -0.121. The van der Waals surface area contributed by atoms with Gasteiger partial charge in [0.05, 0.1) is 6.54 Å². The van der Waals surface area contributed by atoms with Crippen LogP contribution in [-0.2, 0) is 16.1 Å². The highest BCUT2D eigenvalue weighted by molar-refractivity contribution is 5.78. The van der Waals surface area contributed by atoms with E-state index in [1.54, 1.807) is 0 Å². The number of nitrogens with one attached hydrogen (secondary N) is 2. The van der Waals surface area contributed by atoms with Crippen LogP contribution in [0.2, 0.25) is 0 Å². The molecule has 0 aliphatic carbocycles. The van der Waals surface area contributed by atoms with Crippen LogP contribution < -0.4 is 10.6 Å². The number of aryl methyl sites for hydroxylation is 1. The first-order valence-electron chi connectivity index (χ1n) is 6.73. The second-order valence-electron chi connectivity index (χ2n) is 4.87. The van der Waals surface area contributed by atoms with E-state index in [-0.39, 0.29) is 11.9 Å². The van der Waals surface area contributed by atoms with Gasteiger partial charge in [0, 0.05) is 37.7 Å². The van der Waals surface area contributed by atoms with Gasteiger partial charge in [0.25, 0.3) is 0 Å². The lowest BCUT2D eigenvalue weighted by Gasteiger charge is -2.23. The Morgan fingerprint density at radius 2 is 2.21 bits per heavy atom. The topological polar surface area (TPSA) is 63.2 Å². The maximum absolute atomic E-state index is 11.7. The molecule has 1 aliphatic rings. The molecule has 1 fully saturated rings. The van der Waals surface area contributed by atoms with Crippen LogP contribution in [0.4, 0.5) is 0 Å². The number of aromatic nitrogens is 1. The fourth-order valence-electron chi connectivity index (χ4n) is 2.04. The summed E-state index contributed by atoms with van der Waals surface area (Å²) in [6.07, 6.45) is 3.65. The molecule has 0 bridgehead atoms. The van der Waals surface area contributed by atoms with Gasteiger partial charge in [0.1, 0.15) is 0 Å². The van der Waals surface area contributed by atoms with Crippen LogP contribution in [-0.4, -0.2) is 36.7 Å². The lowest BCUT2D eigenvalue weighted by Crippen LogP contribution is -2.42. The number of hydrogen-bond acceptors (Lipinski definition) is 4. The van der Waals surface area contributed by atoms with Gasteiger partial charge in [-0.1, -0.05) is 6.07 Å². The second kappa shape index (κ2) is 7.21. The molecule has 5 heteroatoms. The van der Waals surface area contributed by atoms with E-state index in [0.29, 0.717) is 13.1 Å². The molecule has 0 saturated carbocycles. The number of rotatable bonds is 5. The molecule has 0 unspecified atom stereocenters. The standard InChI is InChI=1S/C14H21N3O2/c1-11-2-3-12(9-16-11)8-15-10-14(18)17-13-4-6-19-7-5-13/h2-3,9,13,15H,4-8,10H2,1H3,(H,17,18). The van der Waals surface area contributed by atoms with E-state index in [2.05, 4.69) is 15.6 Å². The Morgan fingerprint density at radius 1 is 1.42 bits per heavy atom. The molecule has 0 atom stereocenters. The highest BCUT2D eigenvalue weighted by Gasteiger charge is 2.15. The van der Waals surface area contributed by atoms with Crippen molar-refractivity contribution in [3.8, 4) is 0 Å². The average molecular weight is 263 g/mol. The van der Waals surface area contributed by atoms with Crippen molar-refractivity contribution in [1.29, 1.82) is 0 Å². The van der Waals surface area contributed by atoms with Crippen LogP contribution in [0, 0.1) is 6.92 Å². The molecule has 5 nitrogen and oxygen atoms in total. The Kier molecular flexibility index (Phi) is 5.30. The summed E-state index contributed by atoms with van der Waals surface area (Å²) in [4.78, 5) is 15.9. The molecule has 2 heterocycles. The van der Waals surface area contributed by atoms with Crippen molar-refractivity contribution >= 4 is 5.91 Å². The van der Waals surface area contributed by atoms with Gasteiger partial charge in [0.2, 0.25) is 5.91 Å². The molecule has 0 spiro atoms. The maximum atomic E-state index is 11.7. The Hall–Kier alpha value is -1.46. The molecule has 1 aromatic heterocycles. The van der Waals surface area contributed by atoms with Gasteiger partial charge >= 0.3 is 0 Å². The van der Waals surface area contributed by atoms with E-state index in [0.717, 1.165) is 37.3 Å². The SMILES string of the molecule is Cc1ccc(CNCC(=O)NC2CCOCC2)cn1. The fraction of sp³-hybridized carbons (Fsp3) is 0.571. The van der Waals surface area contributed by atoms with E-state index < -0.39 is 0 Å². The van der Waals surface area contributed by atoms with Gasteiger partial charge < -0.3 is 15.4 Å². The third kappa shape index (κ3) is 4.96. The summed E-state index contributed by atoms with van der Waals surface area (Å²) in [6, 6.07) is 4.26. The van der Waals surface area contributed by atoms with E-state index in [9.17, 15) is 4.79 Å². The summed E-state index contributed by atoms with van der Waals surface area (Å²) in [5.74, 6) is 0.0481. The van der Waals surface area contributed by atoms with Crippen LogP contribution in [0.25, 0.3) is 0 Å². The average Bonchev–Trinajstić information content (AvgIpc) is 2.42. The highest BCUT2D eigenvalue weighted by Crippen LogP contribution is 2.05. The first kappa shape index (κ1) is 14.0. The zero-order valence-electron chi connectivity index (χ0n) is 11.3. The molecule has 0 radical (unpaired) electrons. The fourth-order valence-corrected chi connectivity index (χ4v) is 2.04. The minimum atomic E-state index is 0.0481. The Balaban J connectivity index is 1.64. The molecule has 2 rings (SSSR count). The molecule has 0 aromatic carbocycles. The number of carbonyl (C=O) groups excluding carboxylic acids is 1. The molecule has 1 aromatic rings. The summed E-state index contributed by atoms with van der Waals surface area (Å²) in [5, 5.41) is 6.14. The van der Waals surface area contributed by atoms with E-state index in [1.165, 1.54) is 0 Å². The van der Waals surface area contributed by atoms with Gasteiger partial charge in [0.15, 0.2) is 0 Å². The zero-order valence-corrected chi connectivity index (χ0v) is 11.3. The molecule has 1 saturated heterocycles. The molecule has 1 amide bonds. The lowest BCUT2D eigenvalue weighted by atomic mass is 10.1. The third-order valence-electron chi connectivity index (χ3n) is 3.17. The van der Waals surface area contributed by atoms with Crippen LogP contribution in [0.1, 0.15) is 24.1 Å². The molecular formula is C14H21N3O2. The number of amides is 1. The van der Waals surface area contributed by atoms with Crippen LogP contribution in [0.15, 0.2) is 18.3 Å². The minimum absolute atomic E-state index is 0.0481. The van der Waals surface area contributed by atoms with Crippen LogP contribution in [0.3, 0.4) is 0 Å². The first-order valence-corrected chi connectivity index (χ1v) is 6.73. The van der Waals surface area contributed by atoms with Crippen molar-refractivity contribution in [3.63, 3.8) is 0 Å². The number of pyridine rings is 1. The number of ether oxygens (including phenoxy) is 1. The first-order chi connectivity index (χ1) is 9.24. The summed E-state index contributed by atoms with van der Waals surface area (Å²) in [7, 11) is 0.